The van der Waals surface area contributed by atoms with E-state index in [9.17, 15) is 0 Å². The summed E-state index contributed by atoms with van der Waals surface area (Å²) in [6, 6.07) is 1.69. The molecule has 4 unspecified atom stereocenters. The first-order valence-corrected chi connectivity index (χ1v) is 5.98. The molecule has 2 aliphatic rings. The van der Waals surface area contributed by atoms with Gasteiger partial charge in [0.2, 0.25) is 0 Å². The summed E-state index contributed by atoms with van der Waals surface area (Å²) in [4.78, 5) is 0. The van der Waals surface area contributed by atoms with Crippen molar-refractivity contribution in [1.82, 2.24) is 10.6 Å². The lowest BCUT2D eigenvalue weighted by atomic mass is 9.86. The molecule has 0 amide bonds. The Kier molecular flexibility index (Phi) is 3.42. The fourth-order valence-electron chi connectivity index (χ4n) is 2.74. The molecule has 82 valence electrons. The Labute approximate surface area is 86.8 Å². The second-order valence-corrected chi connectivity index (χ2v) is 5.04. The molecule has 0 aromatic carbocycles. The maximum Gasteiger partial charge on any atom is 0.0236 e. The van der Waals surface area contributed by atoms with Crippen LogP contribution in [-0.2, 0) is 0 Å². The van der Waals surface area contributed by atoms with Gasteiger partial charge in [0.1, 0.15) is 0 Å². The zero-order valence-electron chi connectivity index (χ0n) is 9.13. The number of hydrogen-bond acceptors (Lipinski definition) is 3. The molecule has 2 rings (SSSR count). The van der Waals surface area contributed by atoms with E-state index in [1.165, 1.54) is 19.4 Å². The third-order valence-corrected chi connectivity index (χ3v) is 3.66. The summed E-state index contributed by atoms with van der Waals surface area (Å²) in [7, 11) is 0. The van der Waals surface area contributed by atoms with E-state index in [0.717, 1.165) is 25.3 Å². The maximum absolute atomic E-state index is 6.00. The number of hydrogen-bond donors (Lipinski definition) is 3. The van der Waals surface area contributed by atoms with Gasteiger partial charge >= 0.3 is 0 Å². The SMILES string of the molecule is CC1CCNC(C2CC(N)CCN2)C1. The number of piperidine rings is 2. The third-order valence-electron chi connectivity index (χ3n) is 3.66. The van der Waals surface area contributed by atoms with E-state index in [-0.39, 0.29) is 0 Å². The van der Waals surface area contributed by atoms with Crippen molar-refractivity contribution < 1.29 is 0 Å². The minimum absolute atomic E-state index is 0.417. The molecule has 3 heteroatoms. The van der Waals surface area contributed by atoms with Crippen molar-refractivity contribution in [2.45, 2.75) is 50.7 Å². The molecule has 2 saturated heterocycles. The van der Waals surface area contributed by atoms with E-state index in [1.54, 1.807) is 0 Å². The van der Waals surface area contributed by atoms with Gasteiger partial charge < -0.3 is 16.4 Å². The lowest BCUT2D eigenvalue weighted by molar-refractivity contribution is 0.226. The molecule has 0 saturated carbocycles. The molecule has 4 atom stereocenters. The first-order chi connectivity index (χ1) is 6.75. The summed E-state index contributed by atoms with van der Waals surface area (Å²) in [6.45, 7) is 4.63. The van der Waals surface area contributed by atoms with Gasteiger partial charge in [-0.3, -0.25) is 0 Å². The molecule has 0 aromatic rings. The molecule has 4 N–H and O–H groups in total. The van der Waals surface area contributed by atoms with Crippen molar-refractivity contribution in [3.05, 3.63) is 0 Å². The van der Waals surface area contributed by atoms with Gasteiger partial charge in [-0.2, -0.15) is 0 Å². The Hall–Kier alpha value is -0.120. The van der Waals surface area contributed by atoms with Crippen LogP contribution in [0.4, 0.5) is 0 Å². The Morgan fingerprint density at radius 1 is 1.00 bits per heavy atom. The quantitative estimate of drug-likeness (QED) is 0.572. The van der Waals surface area contributed by atoms with E-state index in [0.29, 0.717) is 18.1 Å². The van der Waals surface area contributed by atoms with Crippen molar-refractivity contribution in [1.29, 1.82) is 0 Å². The predicted octanol–water partition coefficient (Wildman–Crippen LogP) is 0.454. The smallest absolute Gasteiger partial charge is 0.0236 e. The van der Waals surface area contributed by atoms with E-state index in [1.807, 2.05) is 0 Å². The highest BCUT2D eigenvalue weighted by atomic mass is 15.0. The highest BCUT2D eigenvalue weighted by Crippen LogP contribution is 2.20. The zero-order valence-corrected chi connectivity index (χ0v) is 9.13. The highest BCUT2D eigenvalue weighted by molar-refractivity contribution is 4.91. The second kappa shape index (κ2) is 4.60. The van der Waals surface area contributed by atoms with Crippen LogP contribution in [-0.4, -0.2) is 31.2 Å². The minimum Gasteiger partial charge on any atom is -0.328 e. The molecule has 14 heavy (non-hydrogen) atoms. The molecule has 3 nitrogen and oxygen atoms in total. The van der Waals surface area contributed by atoms with Crippen LogP contribution in [0.25, 0.3) is 0 Å². The molecule has 2 fully saturated rings. The number of nitrogens with two attached hydrogens (primary N) is 1. The van der Waals surface area contributed by atoms with E-state index in [2.05, 4.69) is 17.6 Å². The Morgan fingerprint density at radius 2 is 1.64 bits per heavy atom. The topological polar surface area (TPSA) is 50.1 Å². The third kappa shape index (κ3) is 2.47. The molecule has 0 aliphatic carbocycles. The molecule has 0 spiro atoms. The van der Waals surface area contributed by atoms with Crippen molar-refractivity contribution in [3.63, 3.8) is 0 Å². The molecular formula is C11H23N3. The van der Waals surface area contributed by atoms with Crippen LogP contribution in [0, 0.1) is 5.92 Å². The Bertz CT molecular complexity index is 163. The van der Waals surface area contributed by atoms with Gasteiger partial charge in [-0.05, 0) is 44.7 Å². The van der Waals surface area contributed by atoms with Crippen LogP contribution >= 0.6 is 0 Å². The van der Waals surface area contributed by atoms with E-state index in [4.69, 9.17) is 5.73 Å². The van der Waals surface area contributed by atoms with Gasteiger partial charge in [-0.25, -0.2) is 0 Å². The van der Waals surface area contributed by atoms with Crippen molar-refractivity contribution in [2.24, 2.45) is 11.7 Å². The molecule has 0 radical (unpaired) electrons. The molecule has 2 heterocycles. The van der Waals surface area contributed by atoms with Crippen LogP contribution in [0.2, 0.25) is 0 Å². The molecule has 0 bridgehead atoms. The predicted molar refractivity (Wildman–Crippen MR) is 59.2 cm³/mol. The van der Waals surface area contributed by atoms with Gasteiger partial charge in [-0.15, -0.1) is 0 Å². The lowest BCUT2D eigenvalue weighted by Gasteiger charge is -2.38. The highest BCUT2D eigenvalue weighted by Gasteiger charge is 2.29. The average molecular weight is 197 g/mol. The average Bonchev–Trinajstić information content (AvgIpc) is 2.18. The van der Waals surface area contributed by atoms with Crippen LogP contribution in [0.5, 0.6) is 0 Å². The molecule has 2 aliphatic heterocycles. The minimum atomic E-state index is 0.417. The number of rotatable bonds is 1. The zero-order chi connectivity index (χ0) is 9.97. The second-order valence-electron chi connectivity index (χ2n) is 5.04. The summed E-state index contributed by atoms with van der Waals surface area (Å²) in [5.74, 6) is 0.876. The lowest BCUT2D eigenvalue weighted by Crippen LogP contribution is -2.56. The van der Waals surface area contributed by atoms with Gasteiger partial charge in [0.05, 0.1) is 0 Å². The van der Waals surface area contributed by atoms with Crippen molar-refractivity contribution in [2.75, 3.05) is 13.1 Å². The summed E-state index contributed by atoms with van der Waals surface area (Å²) < 4.78 is 0. The fraction of sp³-hybridized carbons (Fsp3) is 1.00. The normalized spacial score (nSPS) is 45.0. The van der Waals surface area contributed by atoms with Crippen LogP contribution in [0.3, 0.4) is 0 Å². The van der Waals surface area contributed by atoms with E-state index < -0.39 is 0 Å². The van der Waals surface area contributed by atoms with Crippen LogP contribution in [0.15, 0.2) is 0 Å². The summed E-state index contributed by atoms with van der Waals surface area (Å²) in [5, 5.41) is 7.22. The maximum atomic E-state index is 6.00. The monoisotopic (exact) mass is 197 g/mol. The summed E-state index contributed by atoms with van der Waals surface area (Å²) in [6.07, 6.45) is 4.92. The van der Waals surface area contributed by atoms with Crippen molar-refractivity contribution in [3.8, 4) is 0 Å². The fourth-order valence-corrected chi connectivity index (χ4v) is 2.74. The Morgan fingerprint density at radius 3 is 2.29 bits per heavy atom. The Balaban J connectivity index is 1.86. The van der Waals surface area contributed by atoms with Gasteiger partial charge in [0.25, 0.3) is 0 Å². The van der Waals surface area contributed by atoms with Gasteiger partial charge in [-0.1, -0.05) is 6.92 Å². The first kappa shape index (κ1) is 10.4. The summed E-state index contributed by atoms with van der Waals surface area (Å²) in [5.41, 5.74) is 6.00. The standard InChI is InChI=1S/C11H23N3/c1-8-2-4-13-10(6-8)11-7-9(12)3-5-14-11/h8-11,13-14H,2-7,12H2,1H3. The van der Waals surface area contributed by atoms with Crippen LogP contribution in [0.1, 0.15) is 32.6 Å². The first-order valence-electron chi connectivity index (χ1n) is 5.98. The largest absolute Gasteiger partial charge is 0.328 e. The van der Waals surface area contributed by atoms with Crippen molar-refractivity contribution >= 4 is 0 Å². The number of nitrogens with one attached hydrogen (secondary N) is 2. The van der Waals surface area contributed by atoms with E-state index >= 15 is 0 Å². The van der Waals surface area contributed by atoms with Crippen LogP contribution < -0.4 is 16.4 Å². The molecule has 0 aromatic heterocycles. The molecular weight excluding hydrogens is 174 g/mol. The summed E-state index contributed by atoms with van der Waals surface area (Å²) >= 11 is 0. The van der Waals surface area contributed by atoms with Gasteiger partial charge in [0.15, 0.2) is 0 Å². The van der Waals surface area contributed by atoms with Gasteiger partial charge in [0, 0.05) is 18.1 Å².